The standard InChI is InChI=1S/C12H13BrN4S/c1-3-9-16-10(14-2)7-11(17-9)18-12-8(13)5-4-6-15-12/h4-7H,3H2,1-2H3,(H,14,16,17). The van der Waals surface area contributed by atoms with Crippen molar-refractivity contribution in [3.8, 4) is 0 Å². The molecule has 1 N–H and O–H groups in total. The first-order chi connectivity index (χ1) is 8.72. The Morgan fingerprint density at radius 3 is 2.89 bits per heavy atom. The minimum atomic E-state index is 0.812. The quantitative estimate of drug-likeness (QED) is 0.873. The third-order valence-corrected chi connectivity index (χ3v) is 4.09. The van der Waals surface area contributed by atoms with Gasteiger partial charge in [-0.1, -0.05) is 6.92 Å². The van der Waals surface area contributed by atoms with Crippen molar-refractivity contribution in [3.63, 3.8) is 0 Å². The summed E-state index contributed by atoms with van der Waals surface area (Å²) in [7, 11) is 1.85. The summed E-state index contributed by atoms with van der Waals surface area (Å²) >= 11 is 5.01. The summed E-state index contributed by atoms with van der Waals surface area (Å²) in [6.07, 6.45) is 2.58. The zero-order valence-electron chi connectivity index (χ0n) is 10.1. The molecule has 2 aromatic heterocycles. The summed E-state index contributed by atoms with van der Waals surface area (Å²) in [5.41, 5.74) is 0. The van der Waals surface area contributed by atoms with E-state index in [2.05, 4.69) is 36.2 Å². The molecular weight excluding hydrogens is 312 g/mol. The summed E-state index contributed by atoms with van der Waals surface area (Å²) in [4.78, 5) is 13.2. The lowest BCUT2D eigenvalue weighted by Gasteiger charge is -2.06. The van der Waals surface area contributed by atoms with Crippen LogP contribution in [-0.4, -0.2) is 22.0 Å². The largest absolute Gasteiger partial charge is 0.373 e. The maximum Gasteiger partial charge on any atom is 0.131 e. The second-order valence-electron chi connectivity index (χ2n) is 3.50. The Kier molecular flexibility index (Phi) is 4.54. The van der Waals surface area contributed by atoms with E-state index in [-0.39, 0.29) is 0 Å². The number of aryl methyl sites for hydroxylation is 1. The normalized spacial score (nSPS) is 10.4. The average Bonchev–Trinajstić information content (AvgIpc) is 2.41. The molecule has 2 aromatic rings. The number of hydrogen-bond donors (Lipinski definition) is 1. The van der Waals surface area contributed by atoms with Gasteiger partial charge in [-0.15, -0.1) is 0 Å². The van der Waals surface area contributed by atoms with E-state index in [9.17, 15) is 0 Å². The van der Waals surface area contributed by atoms with Crippen LogP contribution in [0.15, 0.2) is 38.9 Å². The van der Waals surface area contributed by atoms with Gasteiger partial charge in [0.1, 0.15) is 21.7 Å². The number of nitrogens with one attached hydrogen (secondary N) is 1. The van der Waals surface area contributed by atoms with Crippen LogP contribution in [0.2, 0.25) is 0 Å². The van der Waals surface area contributed by atoms with Gasteiger partial charge in [0.05, 0.1) is 4.47 Å². The maximum atomic E-state index is 4.49. The molecule has 0 amide bonds. The van der Waals surface area contributed by atoms with Gasteiger partial charge in [-0.2, -0.15) is 0 Å². The molecule has 0 bridgehead atoms. The predicted octanol–water partition coefficient (Wildman–Crippen LogP) is 3.39. The monoisotopic (exact) mass is 324 g/mol. The topological polar surface area (TPSA) is 50.7 Å². The summed E-state index contributed by atoms with van der Waals surface area (Å²) in [6, 6.07) is 5.78. The Balaban J connectivity index is 2.31. The summed E-state index contributed by atoms with van der Waals surface area (Å²) in [5.74, 6) is 1.66. The molecule has 18 heavy (non-hydrogen) atoms. The molecule has 0 atom stereocenters. The molecule has 0 spiro atoms. The number of rotatable bonds is 4. The Labute approximate surface area is 119 Å². The first kappa shape index (κ1) is 13.3. The second kappa shape index (κ2) is 6.15. The van der Waals surface area contributed by atoms with Crippen molar-refractivity contribution < 1.29 is 0 Å². The van der Waals surface area contributed by atoms with Crippen molar-refractivity contribution >= 4 is 33.5 Å². The molecule has 0 aliphatic carbocycles. The van der Waals surface area contributed by atoms with E-state index in [4.69, 9.17) is 0 Å². The van der Waals surface area contributed by atoms with Gasteiger partial charge < -0.3 is 5.32 Å². The molecule has 0 unspecified atom stereocenters. The van der Waals surface area contributed by atoms with Crippen molar-refractivity contribution in [1.29, 1.82) is 0 Å². The number of anilines is 1. The van der Waals surface area contributed by atoms with Crippen LogP contribution in [0, 0.1) is 0 Å². The molecule has 2 rings (SSSR count). The lowest BCUT2D eigenvalue weighted by Crippen LogP contribution is -2.00. The Morgan fingerprint density at radius 2 is 2.22 bits per heavy atom. The van der Waals surface area contributed by atoms with Gasteiger partial charge in [0, 0.05) is 25.7 Å². The van der Waals surface area contributed by atoms with Gasteiger partial charge in [-0.3, -0.25) is 0 Å². The highest BCUT2D eigenvalue weighted by Gasteiger charge is 2.07. The van der Waals surface area contributed by atoms with Gasteiger partial charge in [0.25, 0.3) is 0 Å². The van der Waals surface area contributed by atoms with E-state index in [0.717, 1.165) is 32.6 Å². The second-order valence-corrected chi connectivity index (χ2v) is 5.37. The van der Waals surface area contributed by atoms with Crippen LogP contribution >= 0.6 is 27.7 Å². The lowest BCUT2D eigenvalue weighted by molar-refractivity contribution is 0.889. The number of halogens is 1. The minimum Gasteiger partial charge on any atom is -0.373 e. The smallest absolute Gasteiger partial charge is 0.131 e. The zero-order chi connectivity index (χ0) is 13.0. The summed E-state index contributed by atoms with van der Waals surface area (Å²) in [5, 5.41) is 4.84. The zero-order valence-corrected chi connectivity index (χ0v) is 12.5. The minimum absolute atomic E-state index is 0.812. The van der Waals surface area contributed by atoms with Crippen LogP contribution in [0.3, 0.4) is 0 Å². The van der Waals surface area contributed by atoms with E-state index in [1.54, 1.807) is 6.20 Å². The Morgan fingerprint density at radius 1 is 1.39 bits per heavy atom. The molecular formula is C12H13BrN4S. The highest BCUT2D eigenvalue weighted by atomic mass is 79.9. The van der Waals surface area contributed by atoms with Crippen LogP contribution in [0.4, 0.5) is 5.82 Å². The number of hydrogen-bond acceptors (Lipinski definition) is 5. The molecule has 6 heteroatoms. The number of nitrogens with zero attached hydrogens (tertiary/aromatic N) is 3. The van der Waals surface area contributed by atoms with Gasteiger partial charge >= 0.3 is 0 Å². The van der Waals surface area contributed by atoms with Crippen molar-refractivity contribution in [2.75, 3.05) is 12.4 Å². The van der Waals surface area contributed by atoms with Crippen LogP contribution in [-0.2, 0) is 6.42 Å². The van der Waals surface area contributed by atoms with Crippen LogP contribution < -0.4 is 5.32 Å². The summed E-state index contributed by atoms with van der Waals surface area (Å²) in [6.45, 7) is 2.04. The molecule has 0 saturated carbocycles. The average molecular weight is 325 g/mol. The molecule has 0 saturated heterocycles. The molecule has 94 valence electrons. The van der Waals surface area contributed by atoms with E-state index in [0.29, 0.717) is 0 Å². The van der Waals surface area contributed by atoms with Gasteiger partial charge in [0.2, 0.25) is 0 Å². The van der Waals surface area contributed by atoms with Crippen molar-refractivity contribution in [3.05, 3.63) is 34.7 Å². The molecule has 4 nitrogen and oxygen atoms in total. The Bertz CT molecular complexity index is 525. The molecule has 0 radical (unpaired) electrons. The van der Waals surface area contributed by atoms with E-state index in [1.165, 1.54) is 11.8 Å². The van der Waals surface area contributed by atoms with Crippen molar-refractivity contribution in [1.82, 2.24) is 15.0 Å². The van der Waals surface area contributed by atoms with E-state index < -0.39 is 0 Å². The molecule has 2 heterocycles. The van der Waals surface area contributed by atoms with Crippen LogP contribution in [0.5, 0.6) is 0 Å². The van der Waals surface area contributed by atoms with Crippen LogP contribution in [0.25, 0.3) is 0 Å². The molecule has 0 aliphatic rings. The van der Waals surface area contributed by atoms with E-state index in [1.807, 2.05) is 32.2 Å². The molecule has 0 aromatic carbocycles. The first-order valence-corrected chi connectivity index (χ1v) is 7.18. The highest BCUT2D eigenvalue weighted by molar-refractivity contribution is 9.10. The van der Waals surface area contributed by atoms with Gasteiger partial charge in [-0.25, -0.2) is 15.0 Å². The predicted molar refractivity (Wildman–Crippen MR) is 77.0 cm³/mol. The van der Waals surface area contributed by atoms with Crippen LogP contribution in [0.1, 0.15) is 12.7 Å². The van der Waals surface area contributed by atoms with Gasteiger partial charge in [0.15, 0.2) is 0 Å². The Hall–Kier alpha value is -1.14. The third kappa shape index (κ3) is 3.20. The van der Waals surface area contributed by atoms with E-state index >= 15 is 0 Å². The fourth-order valence-electron chi connectivity index (χ4n) is 1.36. The maximum absolute atomic E-state index is 4.49. The molecule has 0 fully saturated rings. The van der Waals surface area contributed by atoms with Crippen molar-refractivity contribution in [2.24, 2.45) is 0 Å². The van der Waals surface area contributed by atoms with Crippen molar-refractivity contribution in [2.45, 2.75) is 23.4 Å². The third-order valence-electron chi connectivity index (χ3n) is 2.25. The number of pyridine rings is 1. The fourth-order valence-corrected chi connectivity index (χ4v) is 2.65. The van der Waals surface area contributed by atoms with Gasteiger partial charge in [-0.05, 0) is 39.8 Å². The lowest BCUT2D eigenvalue weighted by atomic mass is 10.4. The number of aromatic nitrogens is 3. The molecule has 0 aliphatic heterocycles. The highest BCUT2D eigenvalue weighted by Crippen LogP contribution is 2.31. The SMILES string of the molecule is CCc1nc(NC)cc(Sc2ncccc2Br)n1. The first-order valence-electron chi connectivity index (χ1n) is 5.57. The summed E-state index contributed by atoms with van der Waals surface area (Å²) < 4.78 is 0.970. The fraction of sp³-hybridized carbons (Fsp3) is 0.250.